The van der Waals surface area contributed by atoms with Crippen molar-refractivity contribution in [2.75, 3.05) is 32.6 Å². The zero-order valence-electron chi connectivity index (χ0n) is 10.7. The summed E-state index contributed by atoms with van der Waals surface area (Å²) in [7, 11) is 5.27. The summed E-state index contributed by atoms with van der Waals surface area (Å²) in [5.74, 6) is 0.670. The quantitative estimate of drug-likeness (QED) is 0.833. The number of amides is 1. The van der Waals surface area contributed by atoms with Gasteiger partial charge in [-0.25, -0.2) is 4.98 Å². The van der Waals surface area contributed by atoms with E-state index >= 15 is 0 Å². The molecule has 0 aliphatic carbocycles. The van der Waals surface area contributed by atoms with Crippen LogP contribution in [0.25, 0.3) is 0 Å². The van der Waals surface area contributed by atoms with Gasteiger partial charge in [-0.2, -0.15) is 0 Å². The van der Waals surface area contributed by atoms with E-state index < -0.39 is 0 Å². The van der Waals surface area contributed by atoms with E-state index in [9.17, 15) is 4.79 Å². The topological polar surface area (TPSA) is 56.7 Å². The van der Waals surface area contributed by atoms with Crippen LogP contribution in [-0.4, -0.2) is 54.7 Å². The van der Waals surface area contributed by atoms with Gasteiger partial charge in [-0.15, -0.1) is 0 Å². The number of nitrogens with zero attached hydrogens (tertiary/aromatic N) is 3. The van der Waals surface area contributed by atoms with Crippen LogP contribution in [0.15, 0.2) is 18.3 Å². The summed E-state index contributed by atoms with van der Waals surface area (Å²) in [4.78, 5) is 19.2. The molecule has 0 aliphatic heterocycles. The minimum Gasteiger partial charge on any atom is -0.394 e. The second kappa shape index (κ2) is 5.63. The highest BCUT2D eigenvalue weighted by Crippen LogP contribution is 2.12. The minimum absolute atomic E-state index is 0.00194. The minimum atomic E-state index is -0.0677. The molecule has 0 aliphatic rings. The second-order valence-corrected chi connectivity index (χ2v) is 4.25. The standard InChI is InChI=1S/C12H19N3O2/c1-9(8-16)15(4)11-6-5-10(7-13-11)12(17)14(2)3/h5-7,9,16H,8H2,1-4H3. The number of rotatable bonds is 4. The lowest BCUT2D eigenvalue weighted by Crippen LogP contribution is -2.32. The summed E-state index contributed by atoms with van der Waals surface area (Å²) >= 11 is 0. The van der Waals surface area contributed by atoms with Gasteiger partial charge < -0.3 is 14.9 Å². The van der Waals surface area contributed by atoms with Crippen molar-refractivity contribution in [3.8, 4) is 0 Å². The highest BCUT2D eigenvalue weighted by Gasteiger charge is 2.12. The molecule has 1 unspecified atom stereocenters. The second-order valence-electron chi connectivity index (χ2n) is 4.25. The van der Waals surface area contributed by atoms with Crippen molar-refractivity contribution < 1.29 is 9.90 Å². The van der Waals surface area contributed by atoms with Crippen molar-refractivity contribution in [2.24, 2.45) is 0 Å². The van der Waals surface area contributed by atoms with E-state index in [1.807, 2.05) is 18.9 Å². The van der Waals surface area contributed by atoms with E-state index in [0.29, 0.717) is 5.56 Å². The van der Waals surface area contributed by atoms with Crippen LogP contribution in [-0.2, 0) is 0 Å². The first-order chi connectivity index (χ1) is 7.97. The van der Waals surface area contributed by atoms with Gasteiger partial charge in [0.1, 0.15) is 5.82 Å². The van der Waals surface area contributed by atoms with Gasteiger partial charge in [0.25, 0.3) is 5.91 Å². The number of carbonyl (C=O) groups is 1. The first kappa shape index (κ1) is 13.4. The van der Waals surface area contributed by atoms with Gasteiger partial charge in [0.15, 0.2) is 0 Å². The Labute approximate surface area is 102 Å². The molecule has 17 heavy (non-hydrogen) atoms. The van der Waals surface area contributed by atoms with Gasteiger partial charge >= 0.3 is 0 Å². The van der Waals surface area contributed by atoms with Crippen LogP contribution in [0.4, 0.5) is 5.82 Å². The lowest BCUT2D eigenvalue weighted by molar-refractivity contribution is 0.0827. The number of hydrogen-bond donors (Lipinski definition) is 1. The molecule has 1 aromatic rings. The van der Waals surface area contributed by atoms with Crippen molar-refractivity contribution in [1.29, 1.82) is 0 Å². The smallest absolute Gasteiger partial charge is 0.254 e. The van der Waals surface area contributed by atoms with Crippen LogP contribution in [0, 0.1) is 0 Å². The van der Waals surface area contributed by atoms with Gasteiger partial charge in [-0.3, -0.25) is 4.79 Å². The van der Waals surface area contributed by atoms with Gasteiger partial charge in [-0.05, 0) is 19.1 Å². The maximum atomic E-state index is 11.6. The first-order valence-corrected chi connectivity index (χ1v) is 5.48. The van der Waals surface area contributed by atoms with E-state index in [1.165, 1.54) is 4.90 Å². The Balaban J connectivity index is 2.84. The average Bonchev–Trinajstić information content (AvgIpc) is 2.36. The molecule has 94 valence electrons. The van der Waals surface area contributed by atoms with E-state index in [0.717, 1.165) is 5.82 Å². The van der Waals surface area contributed by atoms with Crippen LogP contribution >= 0.6 is 0 Å². The van der Waals surface area contributed by atoms with Crippen molar-refractivity contribution >= 4 is 11.7 Å². The molecule has 1 N–H and O–H groups in total. The first-order valence-electron chi connectivity index (χ1n) is 5.48. The van der Waals surface area contributed by atoms with Crippen LogP contribution in [0.3, 0.4) is 0 Å². The third-order valence-electron chi connectivity index (χ3n) is 2.69. The molecule has 5 nitrogen and oxygen atoms in total. The number of anilines is 1. The molecular weight excluding hydrogens is 218 g/mol. The number of pyridine rings is 1. The fraction of sp³-hybridized carbons (Fsp3) is 0.500. The number of aliphatic hydroxyl groups is 1. The van der Waals surface area contributed by atoms with Crippen LogP contribution in [0.5, 0.6) is 0 Å². The predicted octanol–water partition coefficient (Wildman–Crippen LogP) is 0.600. The largest absolute Gasteiger partial charge is 0.394 e. The molecule has 0 saturated heterocycles. The summed E-state index contributed by atoms with van der Waals surface area (Å²) in [5.41, 5.74) is 0.559. The van der Waals surface area contributed by atoms with Crippen LogP contribution < -0.4 is 4.90 Å². The number of aliphatic hydroxyl groups excluding tert-OH is 1. The molecular formula is C12H19N3O2. The summed E-state index contributed by atoms with van der Waals surface area (Å²) in [6.07, 6.45) is 1.55. The molecule has 0 spiro atoms. The zero-order valence-corrected chi connectivity index (χ0v) is 10.7. The Hall–Kier alpha value is -1.62. The normalized spacial score (nSPS) is 12.1. The molecule has 1 heterocycles. The fourth-order valence-electron chi connectivity index (χ4n) is 1.33. The molecule has 1 rings (SSSR count). The van der Waals surface area contributed by atoms with Crippen molar-refractivity contribution in [1.82, 2.24) is 9.88 Å². The van der Waals surface area contributed by atoms with Gasteiger partial charge in [0.2, 0.25) is 0 Å². The van der Waals surface area contributed by atoms with E-state index in [-0.39, 0.29) is 18.6 Å². The molecule has 5 heteroatoms. The predicted molar refractivity (Wildman–Crippen MR) is 67.2 cm³/mol. The molecule has 0 saturated carbocycles. The Morgan fingerprint density at radius 2 is 2.06 bits per heavy atom. The SMILES string of the molecule is CC(CO)N(C)c1ccc(C(=O)N(C)C)cn1. The van der Waals surface area contributed by atoms with Crippen molar-refractivity contribution in [3.63, 3.8) is 0 Å². The third kappa shape index (κ3) is 3.17. The molecule has 0 aromatic carbocycles. The summed E-state index contributed by atoms with van der Waals surface area (Å²) < 4.78 is 0. The highest BCUT2D eigenvalue weighted by atomic mass is 16.3. The summed E-state index contributed by atoms with van der Waals surface area (Å²) in [6.45, 7) is 1.97. The molecule has 0 radical (unpaired) electrons. The third-order valence-corrected chi connectivity index (χ3v) is 2.69. The highest BCUT2D eigenvalue weighted by molar-refractivity contribution is 5.93. The monoisotopic (exact) mass is 237 g/mol. The molecule has 1 aromatic heterocycles. The van der Waals surface area contributed by atoms with E-state index in [1.54, 1.807) is 32.4 Å². The molecule has 1 atom stereocenters. The maximum absolute atomic E-state index is 11.6. The van der Waals surface area contributed by atoms with Crippen LogP contribution in [0.2, 0.25) is 0 Å². The van der Waals surface area contributed by atoms with Gasteiger partial charge in [0.05, 0.1) is 18.2 Å². The number of hydrogen-bond acceptors (Lipinski definition) is 4. The zero-order chi connectivity index (χ0) is 13.0. The van der Waals surface area contributed by atoms with Crippen molar-refractivity contribution in [2.45, 2.75) is 13.0 Å². The Morgan fingerprint density at radius 1 is 1.41 bits per heavy atom. The number of carbonyl (C=O) groups excluding carboxylic acids is 1. The molecule has 0 fully saturated rings. The van der Waals surface area contributed by atoms with Gasteiger partial charge in [0, 0.05) is 27.3 Å². The number of likely N-dealkylation sites (N-methyl/N-ethyl adjacent to an activating group) is 1. The molecule has 0 bridgehead atoms. The Morgan fingerprint density at radius 3 is 2.47 bits per heavy atom. The lowest BCUT2D eigenvalue weighted by atomic mass is 10.2. The number of aromatic nitrogens is 1. The lowest BCUT2D eigenvalue weighted by Gasteiger charge is -2.24. The van der Waals surface area contributed by atoms with Crippen molar-refractivity contribution in [3.05, 3.63) is 23.9 Å². The summed E-state index contributed by atoms with van der Waals surface area (Å²) in [6, 6.07) is 3.52. The van der Waals surface area contributed by atoms with E-state index in [4.69, 9.17) is 5.11 Å². The maximum Gasteiger partial charge on any atom is 0.254 e. The average molecular weight is 237 g/mol. The van der Waals surface area contributed by atoms with Gasteiger partial charge in [-0.1, -0.05) is 0 Å². The summed E-state index contributed by atoms with van der Waals surface area (Å²) in [5, 5.41) is 9.05. The molecule has 1 amide bonds. The Bertz CT molecular complexity index is 376. The van der Waals surface area contributed by atoms with E-state index in [2.05, 4.69) is 4.98 Å². The Kier molecular flexibility index (Phi) is 4.45. The van der Waals surface area contributed by atoms with Crippen LogP contribution in [0.1, 0.15) is 17.3 Å². The fourth-order valence-corrected chi connectivity index (χ4v) is 1.33.